The van der Waals surface area contributed by atoms with Crippen LogP contribution in [0.3, 0.4) is 0 Å². The minimum absolute atomic E-state index is 0.0784. The van der Waals surface area contributed by atoms with E-state index in [4.69, 9.17) is 27.6 Å². The Hall–Kier alpha value is -1.98. The Labute approximate surface area is 193 Å². The van der Waals surface area contributed by atoms with Gasteiger partial charge in [-0.3, -0.25) is 10.1 Å². The maximum atomic E-state index is 13.0. The van der Waals surface area contributed by atoms with Crippen LogP contribution >= 0.6 is 34.5 Å². The quantitative estimate of drug-likeness (QED) is 0.554. The molecule has 1 amide bonds. The second-order valence-corrected chi connectivity index (χ2v) is 11.4. The summed E-state index contributed by atoms with van der Waals surface area (Å²) in [6.45, 7) is 2.33. The molecule has 0 bridgehead atoms. The number of aromatic nitrogens is 2. The molecular weight excluding hydrogens is 483 g/mol. The molecule has 1 unspecified atom stereocenters. The summed E-state index contributed by atoms with van der Waals surface area (Å²) in [7, 11) is -3.68. The van der Waals surface area contributed by atoms with Gasteiger partial charge in [0.05, 0.1) is 20.7 Å². The first-order chi connectivity index (χ1) is 14.7. The van der Waals surface area contributed by atoms with Crippen molar-refractivity contribution >= 4 is 56.5 Å². The number of amides is 1. The normalized spacial score (nSPS) is 17.6. The van der Waals surface area contributed by atoms with E-state index in [2.05, 4.69) is 15.5 Å². The van der Waals surface area contributed by atoms with Gasteiger partial charge in [-0.15, -0.1) is 16.4 Å². The number of hydrogen-bond donors (Lipinski definition) is 1. The number of rotatable bonds is 5. The van der Waals surface area contributed by atoms with Gasteiger partial charge >= 0.3 is 6.01 Å². The fourth-order valence-corrected chi connectivity index (χ4v) is 6.28. The predicted molar refractivity (Wildman–Crippen MR) is 119 cm³/mol. The highest BCUT2D eigenvalue weighted by Crippen LogP contribution is 2.38. The maximum Gasteiger partial charge on any atom is 0.322 e. The molecule has 1 saturated heterocycles. The van der Waals surface area contributed by atoms with E-state index >= 15 is 0 Å². The Bertz CT molecular complexity index is 1210. The highest BCUT2D eigenvalue weighted by Gasteiger charge is 2.34. The molecule has 0 spiro atoms. The molecule has 1 atom stereocenters. The Morgan fingerprint density at radius 1 is 1.26 bits per heavy atom. The molecule has 1 aromatic carbocycles. The summed E-state index contributed by atoms with van der Waals surface area (Å²) >= 11 is 13.2. The summed E-state index contributed by atoms with van der Waals surface area (Å²) in [6, 6.07) is 8.17. The van der Waals surface area contributed by atoms with Crippen LogP contribution in [0, 0.1) is 12.8 Å². The zero-order valence-electron chi connectivity index (χ0n) is 16.3. The fraction of sp³-hybridized carbons (Fsp3) is 0.316. The number of carbonyl (C=O) groups excluding carboxylic acids is 1. The average Bonchev–Trinajstić information content (AvgIpc) is 3.33. The van der Waals surface area contributed by atoms with E-state index in [0.29, 0.717) is 33.6 Å². The second-order valence-electron chi connectivity index (χ2n) is 7.15. The van der Waals surface area contributed by atoms with Gasteiger partial charge in [-0.25, -0.2) is 8.42 Å². The summed E-state index contributed by atoms with van der Waals surface area (Å²) < 4.78 is 33.6. The van der Waals surface area contributed by atoms with Crippen molar-refractivity contribution in [3.63, 3.8) is 0 Å². The largest absolute Gasteiger partial charge is 0.403 e. The SMILES string of the molecule is Cc1ccc(S(=O)(=O)N2CCCC(C(=O)Nc3nnc(-c4cc(Cl)sc4Cl)o3)C2)cc1. The molecule has 0 saturated carbocycles. The lowest BCUT2D eigenvalue weighted by molar-refractivity contribution is -0.121. The lowest BCUT2D eigenvalue weighted by Crippen LogP contribution is -2.43. The van der Waals surface area contributed by atoms with Crippen molar-refractivity contribution in [2.45, 2.75) is 24.7 Å². The molecule has 12 heteroatoms. The molecule has 31 heavy (non-hydrogen) atoms. The Morgan fingerprint density at radius 3 is 2.68 bits per heavy atom. The van der Waals surface area contributed by atoms with Crippen molar-refractivity contribution in [3.8, 4) is 11.5 Å². The van der Waals surface area contributed by atoms with Gasteiger partial charge < -0.3 is 4.42 Å². The number of nitrogens with zero attached hydrogens (tertiary/aromatic N) is 3. The van der Waals surface area contributed by atoms with Crippen LogP contribution in [0.5, 0.6) is 0 Å². The number of halogens is 2. The van der Waals surface area contributed by atoms with Crippen molar-refractivity contribution in [2.75, 3.05) is 18.4 Å². The first-order valence-corrected chi connectivity index (χ1v) is 12.4. The second kappa shape index (κ2) is 8.87. The number of carbonyl (C=O) groups is 1. The first kappa shape index (κ1) is 22.2. The van der Waals surface area contributed by atoms with Gasteiger partial charge in [-0.2, -0.15) is 4.31 Å². The molecule has 3 aromatic rings. The van der Waals surface area contributed by atoms with E-state index in [-0.39, 0.29) is 29.3 Å². The van der Waals surface area contributed by atoms with E-state index in [9.17, 15) is 13.2 Å². The third-order valence-corrected chi connectivity index (χ3v) is 8.32. The van der Waals surface area contributed by atoms with E-state index < -0.39 is 15.9 Å². The molecular formula is C19H18Cl2N4O4S2. The van der Waals surface area contributed by atoms with Gasteiger partial charge in [0.25, 0.3) is 5.89 Å². The maximum absolute atomic E-state index is 13.0. The van der Waals surface area contributed by atoms with Crippen LogP contribution in [-0.4, -0.2) is 41.9 Å². The van der Waals surface area contributed by atoms with E-state index in [1.807, 2.05) is 6.92 Å². The predicted octanol–water partition coefficient (Wildman–Crippen LogP) is 4.45. The third-order valence-electron chi connectivity index (χ3n) is 4.96. The molecule has 1 fully saturated rings. The number of piperidine rings is 1. The molecule has 3 heterocycles. The van der Waals surface area contributed by atoms with Crippen molar-refractivity contribution in [2.24, 2.45) is 5.92 Å². The van der Waals surface area contributed by atoms with Gasteiger partial charge in [0, 0.05) is 13.1 Å². The number of anilines is 1. The van der Waals surface area contributed by atoms with Crippen molar-refractivity contribution in [1.29, 1.82) is 0 Å². The minimum Gasteiger partial charge on any atom is -0.403 e. The molecule has 1 aliphatic heterocycles. The highest BCUT2D eigenvalue weighted by molar-refractivity contribution is 7.89. The Kier molecular flexibility index (Phi) is 6.36. The average molecular weight is 501 g/mol. The number of aryl methyl sites for hydroxylation is 1. The standard InChI is InChI=1S/C19H18Cl2N4O4S2/c1-11-4-6-13(7-5-11)31(27,28)25-8-2-3-12(10-25)17(26)22-19-24-23-18(29-19)14-9-15(20)30-16(14)21/h4-7,9,12H,2-3,8,10H2,1H3,(H,22,24,26). The van der Waals surface area contributed by atoms with E-state index in [1.54, 1.807) is 30.3 Å². The molecule has 1 N–H and O–H groups in total. The molecule has 164 valence electrons. The zero-order chi connectivity index (χ0) is 22.2. The van der Waals surface area contributed by atoms with Gasteiger partial charge in [-0.1, -0.05) is 46.0 Å². The van der Waals surface area contributed by atoms with Crippen LogP contribution in [0.4, 0.5) is 6.01 Å². The van der Waals surface area contributed by atoms with Gasteiger partial charge in [-0.05, 0) is 38.0 Å². The number of benzene rings is 1. The summed E-state index contributed by atoms with van der Waals surface area (Å²) in [5, 5.41) is 10.3. The van der Waals surface area contributed by atoms with Crippen LogP contribution in [0.2, 0.25) is 8.67 Å². The monoisotopic (exact) mass is 500 g/mol. The molecule has 4 rings (SSSR count). The number of hydrogen-bond acceptors (Lipinski definition) is 7. The van der Waals surface area contributed by atoms with Crippen LogP contribution in [0.15, 0.2) is 39.6 Å². The highest BCUT2D eigenvalue weighted by atomic mass is 35.5. The third kappa shape index (κ3) is 4.78. The van der Waals surface area contributed by atoms with Gasteiger partial charge in [0.15, 0.2) is 0 Å². The van der Waals surface area contributed by atoms with E-state index in [1.165, 1.54) is 4.31 Å². The van der Waals surface area contributed by atoms with Crippen molar-refractivity contribution in [3.05, 3.63) is 44.6 Å². The van der Waals surface area contributed by atoms with Crippen molar-refractivity contribution in [1.82, 2.24) is 14.5 Å². The van der Waals surface area contributed by atoms with Crippen LogP contribution in [0.1, 0.15) is 18.4 Å². The van der Waals surface area contributed by atoms with Crippen LogP contribution < -0.4 is 5.32 Å². The lowest BCUT2D eigenvalue weighted by Gasteiger charge is -2.30. The topological polar surface area (TPSA) is 105 Å². The van der Waals surface area contributed by atoms with Gasteiger partial charge in [0.2, 0.25) is 15.9 Å². The molecule has 0 radical (unpaired) electrons. The van der Waals surface area contributed by atoms with Crippen molar-refractivity contribution < 1.29 is 17.6 Å². The minimum atomic E-state index is -3.68. The number of sulfonamides is 1. The molecule has 1 aliphatic rings. The zero-order valence-corrected chi connectivity index (χ0v) is 19.5. The summed E-state index contributed by atoms with van der Waals surface area (Å²) in [6.07, 6.45) is 1.12. The number of nitrogens with one attached hydrogen (secondary N) is 1. The summed E-state index contributed by atoms with van der Waals surface area (Å²) in [4.78, 5) is 12.9. The molecule has 8 nitrogen and oxygen atoms in total. The summed E-state index contributed by atoms with van der Waals surface area (Å²) in [5.41, 5.74) is 1.46. The summed E-state index contributed by atoms with van der Waals surface area (Å²) in [5.74, 6) is -0.785. The van der Waals surface area contributed by atoms with Crippen LogP contribution in [-0.2, 0) is 14.8 Å². The fourth-order valence-electron chi connectivity index (χ4n) is 3.31. The Balaban J connectivity index is 1.45. The first-order valence-electron chi connectivity index (χ1n) is 9.40. The lowest BCUT2D eigenvalue weighted by atomic mass is 9.99. The molecule has 2 aromatic heterocycles. The van der Waals surface area contributed by atoms with Gasteiger partial charge in [0.1, 0.15) is 4.34 Å². The number of thiophene rings is 1. The smallest absolute Gasteiger partial charge is 0.322 e. The Morgan fingerprint density at radius 2 is 2.00 bits per heavy atom. The van der Waals surface area contributed by atoms with Crippen LogP contribution in [0.25, 0.3) is 11.5 Å². The molecule has 0 aliphatic carbocycles. The van der Waals surface area contributed by atoms with E-state index in [0.717, 1.165) is 16.9 Å².